The van der Waals surface area contributed by atoms with E-state index in [0.29, 0.717) is 24.5 Å². The summed E-state index contributed by atoms with van der Waals surface area (Å²) in [7, 11) is 0. The van der Waals surface area contributed by atoms with Crippen LogP contribution in [0.5, 0.6) is 0 Å². The molecule has 2 aliphatic heterocycles. The summed E-state index contributed by atoms with van der Waals surface area (Å²) in [4.78, 5) is 13.5. The van der Waals surface area contributed by atoms with Crippen molar-refractivity contribution in [3.05, 3.63) is 12.2 Å². The fourth-order valence-corrected chi connectivity index (χ4v) is 8.22. The van der Waals surface area contributed by atoms with Crippen molar-refractivity contribution in [3.63, 3.8) is 0 Å². The molecular weight excluding hydrogens is 344 g/mol. The lowest BCUT2D eigenvalue weighted by atomic mass is 9.37. The fourth-order valence-electron chi connectivity index (χ4n) is 8.22. The summed E-state index contributed by atoms with van der Waals surface area (Å²) in [5, 5.41) is 22.6. The van der Waals surface area contributed by atoms with Gasteiger partial charge in [0.05, 0.1) is 23.7 Å². The Morgan fingerprint density at radius 3 is 2.70 bits per heavy atom. The van der Waals surface area contributed by atoms with Gasteiger partial charge in [-0.2, -0.15) is 0 Å². The van der Waals surface area contributed by atoms with Crippen LogP contribution >= 0.6 is 0 Å². The van der Waals surface area contributed by atoms with Crippen molar-refractivity contribution in [1.82, 2.24) is 0 Å². The van der Waals surface area contributed by atoms with Crippen LogP contribution < -0.4 is 0 Å². The van der Waals surface area contributed by atoms with Gasteiger partial charge in [-0.3, -0.25) is 4.79 Å². The monoisotopic (exact) mass is 376 g/mol. The van der Waals surface area contributed by atoms with E-state index in [1.807, 2.05) is 6.92 Å². The average Bonchev–Trinajstić information content (AvgIpc) is 2.73. The molecule has 9 atom stereocenters. The Balaban J connectivity index is 1.74. The lowest BCUT2D eigenvalue weighted by Crippen LogP contribution is -2.78. The summed E-state index contributed by atoms with van der Waals surface area (Å²) in [6, 6.07) is 0. The predicted molar refractivity (Wildman–Crippen MR) is 98.6 cm³/mol. The molecule has 5 heteroatoms. The highest BCUT2D eigenvalue weighted by Gasteiger charge is 2.81. The molecule has 0 amide bonds. The molecule has 4 saturated carbocycles. The van der Waals surface area contributed by atoms with Crippen LogP contribution in [0.4, 0.5) is 0 Å². The van der Waals surface area contributed by atoms with Gasteiger partial charge in [0.2, 0.25) is 0 Å². The first-order chi connectivity index (χ1) is 12.7. The standard InChI is InChI=1S/C22H32O5/c1-5-26-19-21-8-6-7-20(3,4)14(21)10-15(27-19)22-16(21)13(23)9-12(18(22)25)11(2)17(22)24/h12-16,18-19,23,25H,2,5-10H2,1,3-4H3. The number of aliphatic hydroxyl groups excluding tert-OH is 2. The Morgan fingerprint density at radius 2 is 2.00 bits per heavy atom. The van der Waals surface area contributed by atoms with Crippen molar-refractivity contribution in [2.24, 2.45) is 34.0 Å². The second-order valence-corrected chi connectivity index (χ2v) is 10.3. The van der Waals surface area contributed by atoms with Crippen LogP contribution in [0.25, 0.3) is 0 Å². The van der Waals surface area contributed by atoms with Crippen molar-refractivity contribution in [3.8, 4) is 0 Å². The van der Waals surface area contributed by atoms with Gasteiger partial charge in [0, 0.05) is 23.9 Å². The molecule has 5 nitrogen and oxygen atoms in total. The first-order valence-electron chi connectivity index (χ1n) is 10.6. The van der Waals surface area contributed by atoms with Gasteiger partial charge in [-0.25, -0.2) is 0 Å². The second-order valence-electron chi connectivity index (χ2n) is 10.3. The van der Waals surface area contributed by atoms with Crippen LogP contribution in [0.1, 0.15) is 52.9 Å². The molecule has 2 spiro atoms. The van der Waals surface area contributed by atoms with E-state index in [2.05, 4.69) is 20.4 Å². The average molecular weight is 376 g/mol. The Labute approximate surface area is 161 Å². The molecule has 2 saturated heterocycles. The van der Waals surface area contributed by atoms with Gasteiger partial charge >= 0.3 is 0 Å². The lowest BCUT2D eigenvalue weighted by molar-refractivity contribution is -0.401. The predicted octanol–water partition coefficient (Wildman–Crippen LogP) is 2.45. The molecule has 6 fully saturated rings. The Kier molecular flexibility index (Phi) is 3.68. The summed E-state index contributed by atoms with van der Waals surface area (Å²) in [6.07, 6.45) is 1.93. The number of carbonyl (C=O) groups is 1. The van der Waals surface area contributed by atoms with E-state index >= 15 is 0 Å². The molecule has 4 aliphatic carbocycles. The Morgan fingerprint density at radius 1 is 1.26 bits per heavy atom. The minimum Gasteiger partial charge on any atom is -0.393 e. The van der Waals surface area contributed by atoms with Crippen molar-refractivity contribution in [2.75, 3.05) is 6.61 Å². The highest BCUT2D eigenvalue weighted by Crippen LogP contribution is 2.75. The third kappa shape index (κ3) is 1.83. The van der Waals surface area contributed by atoms with E-state index in [4.69, 9.17) is 9.47 Å². The zero-order valence-electron chi connectivity index (χ0n) is 16.6. The molecule has 6 rings (SSSR count). The number of fused-ring (bicyclic) bond motifs is 2. The number of ether oxygens (including phenoxy) is 2. The van der Waals surface area contributed by atoms with E-state index in [9.17, 15) is 15.0 Å². The first-order valence-corrected chi connectivity index (χ1v) is 10.6. The van der Waals surface area contributed by atoms with Crippen LogP contribution in [0.2, 0.25) is 0 Å². The van der Waals surface area contributed by atoms with Gasteiger partial charge in [0.25, 0.3) is 0 Å². The van der Waals surface area contributed by atoms with E-state index < -0.39 is 35.4 Å². The molecule has 0 aromatic carbocycles. The fraction of sp³-hybridized carbons (Fsp3) is 0.864. The summed E-state index contributed by atoms with van der Waals surface area (Å²) in [6.45, 7) is 11.1. The summed E-state index contributed by atoms with van der Waals surface area (Å²) >= 11 is 0. The number of carbonyl (C=O) groups excluding carboxylic acids is 1. The van der Waals surface area contributed by atoms with Crippen LogP contribution in [0.15, 0.2) is 12.2 Å². The van der Waals surface area contributed by atoms with Gasteiger partial charge in [0.15, 0.2) is 12.1 Å². The lowest BCUT2D eigenvalue weighted by Gasteiger charge is -2.72. The zero-order chi connectivity index (χ0) is 19.4. The summed E-state index contributed by atoms with van der Waals surface area (Å²) in [5.74, 6) is -0.423. The van der Waals surface area contributed by atoms with E-state index in [1.54, 1.807) is 0 Å². The van der Waals surface area contributed by atoms with Crippen molar-refractivity contribution in [2.45, 2.75) is 77.5 Å². The summed E-state index contributed by atoms with van der Waals surface area (Å²) < 4.78 is 12.6. The molecule has 4 bridgehead atoms. The van der Waals surface area contributed by atoms with Crippen molar-refractivity contribution >= 4 is 5.78 Å². The van der Waals surface area contributed by atoms with Gasteiger partial charge in [0.1, 0.15) is 0 Å². The number of hydrogen-bond acceptors (Lipinski definition) is 5. The number of rotatable bonds is 2. The molecule has 0 aromatic rings. The number of hydrogen-bond donors (Lipinski definition) is 2. The third-order valence-electron chi connectivity index (χ3n) is 9.03. The highest BCUT2D eigenvalue weighted by molar-refractivity contribution is 6.04. The maximum atomic E-state index is 13.5. The smallest absolute Gasteiger partial charge is 0.170 e. The third-order valence-corrected chi connectivity index (χ3v) is 9.03. The van der Waals surface area contributed by atoms with E-state index in [0.717, 1.165) is 25.7 Å². The Bertz CT molecular complexity index is 701. The van der Waals surface area contributed by atoms with Crippen molar-refractivity contribution in [1.29, 1.82) is 0 Å². The largest absolute Gasteiger partial charge is 0.393 e. The Hall–Kier alpha value is -0.750. The zero-order valence-corrected chi connectivity index (χ0v) is 16.6. The molecule has 9 unspecified atom stereocenters. The number of Topliss-reactive ketones (excluding diaryl/α,β-unsaturated/α-hetero) is 1. The molecule has 0 aromatic heterocycles. The highest BCUT2D eigenvalue weighted by atomic mass is 16.7. The molecule has 150 valence electrons. The van der Waals surface area contributed by atoms with Gasteiger partial charge in [-0.1, -0.05) is 26.8 Å². The SMILES string of the molecule is C=C1C(=O)C23C4CC5C(C)(C)CCCC5(C(OCC)O4)C2C(O)CC1C3O. The molecule has 0 radical (unpaired) electrons. The topological polar surface area (TPSA) is 76.0 Å². The van der Waals surface area contributed by atoms with Crippen LogP contribution in [0, 0.1) is 34.0 Å². The maximum absolute atomic E-state index is 13.5. The maximum Gasteiger partial charge on any atom is 0.170 e. The van der Waals surface area contributed by atoms with Gasteiger partial charge in [-0.15, -0.1) is 0 Å². The van der Waals surface area contributed by atoms with Crippen molar-refractivity contribution < 1.29 is 24.5 Å². The normalized spacial score (nSPS) is 55.4. The number of aliphatic hydroxyl groups is 2. The van der Waals surface area contributed by atoms with Crippen LogP contribution in [-0.4, -0.2) is 47.2 Å². The van der Waals surface area contributed by atoms with Gasteiger partial charge in [-0.05, 0) is 49.5 Å². The van der Waals surface area contributed by atoms with E-state index in [-0.39, 0.29) is 23.0 Å². The molecule has 6 aliphatic rings. The van der Waals surface area contributed by atoms with Crippen LogP contribution in [0.3, 0.4) is 0 Å². The summed E-state index contributed by atoms with van der Waals surface area (Å²) in [5.41, 5.74) is -0.900. The van der Waals surface area contributed by atoms with Crippen LogP contribution in [-0.2, 0) is 14.3 Å². The minimum absolute atomic E-state index is 0.0669. The molecule has 27 heavy (non-hydrogen) atoms. The minimum atomic E-state index is -1.04. The molecular formula is C22H32O5. The second kappa shape index (κ2) is 5.44. The quantitative estimate of drug-likeness (QED) is 0.724. The molecule has 2 heterocycles. The first kappa shape index (κ1) is 18.3. The molecule has 2 N–H and O–H groups in total. The van der Waals surface area contributed by atoms with Gasteiger partial charge < -0.3 is 19.7 Å². The van der Waals surface area contributed by atoms with E-state index in [1.165, 1.54) is 0 Å². The number of ketones is 1.